The molecule has 2 aromatic carbocycles. The largest absolute Gasteiger partial charge is 0.486 e. The van der Waals surface area contributed by atoms with E-state index in [0.29, 0.717) is 75.2 Å². The number of hydrogen-bond donors (Lipinski definition) is 1. The Bertz CT molecular complexity index is 1590. The number of esters is 1. The van der Waals surface area contributed by atoms with Crippen LogP contribution in [0.25, 0.3) is 17.0 Å². The molecule has 0 radical (unpaired) electrons. The van der Waals surface area contributed by atoms with Gasteiger partial charge in [-0.2, -0.15) is 0 Å². The van der Waals surface area contributed by atoms with Gasteiger partial charge in [-0.25, -0.2) is 14.6 Å². The van der Waals surface area contributed by atoms with Gasteiger partial charge in [-0.05, 0) is 81.5 Å². The van der Waals surface area contributed by atoms with Crippen LogP contribution in [-0.2, 0) is 20.8 Å². The lowest BCUT2D eigenvalue weighted by atomic mass is 9.95. The van der Waals surface area contributed by atoms with Crippen molar-refractivity contribution in [3.05, 3.63) is 65.2 Å². The minimum atomic E-state index is -0.641. The number of piperidine rings is 1. The summed E-state index contributed by atoms with van der Waals surface area (Å²) in [6, 6.07) is 12.9. The third kappa shape index (κ3) is 8.33. The lowest BCUT2D eigenvalue weighted by molar-refractivity contribution is -0.137. The first-order valence-corrected chi connectivity index (χ1v) is 16.2. The fourth-order valence-electron chi connectivity index (χ4n) is 6.08. The molecule has 1 N–H and O–H groups in total. The van der Waals surface area contributed by atoms with Crippen LogP contribution in [0.1, 0.15) is 63.3 Å². The Morgan fingerprint density at radius 3 is 2.51 bits per heavy atom. The van der Waals surface area contributed by atoms with E-state index in [1.807, 2.05) is 62.1 Å². The highest BCUT2D eigenvalue weighted by atomic mass is 16.6. The number of rotatable bonds is 10. The smallest absolute Gasteiger partial charge is 0.410 e. The van der Waals surface area contributed by atoms with Gasteiger partial charge in [-0.1, -0.05) is 18.2 Å². The van der Waals surface area contributed by atoms with Crippen molar-refractivity contribution in [1.82, 2.24) is 14.8 Å². The van der Waals surface area contributed by atoms with Crippen LogP contribution in [0, 0.1) is 0 Å². The van der Waals surface area contributed by atoms with Gasteiger partial charge in [0.25, 0.3) is 0 Å². The maximum absolute atomic E-state index is 13.6. The molecule has 1 atom stereocenters. The van der Waals surface area contributed by atoms with Gasteiger partial charge in [-0.15, -0.1) is 0 Å². The number of aliphatic hydroxyl groups excluding tert-OH is 1. The van der Waals surface area contributed by atoms with Gasteiger partial charge in [-0.3, -0.25) is 4.90 Å². The summed E-state index contributed by atoms with van der Waals surface area (Å²) in [6.07, 6.45) is 4.13. The quantitative estimate of drug-likeness (QED) is 0.222. The first-order valence-electron chi connectivity index (χ1n) is 16.2. The van der Waals surface area contributed by atoms with Gasteiger partial charge in [0.2, 0.25) is 5.88 Å². The van der Waals surface area contributed by atoms with Gasteiger partial charge in [0, 0.05) is 43.2 Å². The summed E-state index contributed by atoms with van der Waals surface area (Å²) in [4.78, 5) is 34.4. The monoisotopic (exact) mass is 647 g/mol. The number of carbonyl (C=O) groups excluding carboxylic acids is 2. The molecule has 11 heteroatoms. The molecule has 0 saturated carbocycles. The molecule has 3 aromatic rings. The second-order valence-electron chi connectivity index (χ2n) is 12.6. The first kappa shape index (κ1) is 34.0. The number of fused-ring (bicyclic) bond motifs is 2. The Labute approximate surface area is 276 Å². The van der Waals surface area contributed by atoms with Crippen molar-refractivity contribution in [2.24, 2.45) is 0 Å². The molecule has 0 spiro atoms. The number of ether oxygens (including phenoxy) is 5. The third-order valence-electron chi connectivity index (χ3n) is 8.29. The molecule has 5 rings (SSSR count). The van der Waals surface area contributed by atoms with Gasteiger partial charge in [0.05, 0.1) is 31.9 Å². The highest BCUT2D eigenvalue weighted by Crippen LogP contribution is 2.35. The molecule has 11 nitrogen and oxygen atoms in total. The Balaban J connectivity index is 1.37. The van der Waals surface area contributed by atoms with Crippen molar-refractivity contribution in [2.45, 2.75) is 64.8 Å². The SMILES string of the molecule is CCOC(=O)/C=C/c1ccc(C(CO)N2CCC(N(Cc3ccc4c(c3)OCCO4)C(=O)OC(C)(C)C)CC2)c2nc(OC)ccc12. The predicted molar refractivity (Wildman–Crippen MR) is 178 cm³/mol. The Hall–Kier alpha value is -4.35. The van der Waals surface area contributed by atoms with Crippen LogP contribution in [0.5, 0.6) is 17.4 Å². The van der Waals surface area contributed by atoms with Crippen LogP contribution in [0.2, 0.25) is 0 Å². The minimum Gasteiger partial charge on any atom is -0.486 e. The van der Waals surface area contributed by atoms with Gasteiger partial charge < -0.3 is 33.7 Å². The number of aliphatic hydroxyl groups is 1. The van der Waals surface area contributed by atoms with Crippen molar-refractivity contribution in [3.8, 4) is 17.4 Å². The molecule has 0 bridgehead atoms. The average Bonchev–Trinajstić information content (AvgIpc) is 3.06. The van der Waals surface area contributed by atoms with Crippen LogP contribution in [0.3, 0.4) is 0 Å². The molecule has 0 aliphatic carbocycles. The first-order chi connectivity index (χ1) is 22.6. The lowest BCUT2D eigenvalue weighted by Crippen LogP contribution is -2.49. The fraction of sp³-hybridized carbons (Fsp3) is 0.472. The molecule has 47 heavy (non-hydrogen) atoms. The summed E-state index contributed by atoms with van der Waals surface area (Å²) in [7, 11) is 1.56. The summed E-state index contributed by atoms with van der Waals surface area (Å²) < 4.78 is 27.8. The van der Waals surface area contributed by atoms with Crippen LogP contribution >= 0.6 is 0 Å². The Morgan fingerprint density at radius 1 is 1.09 bits per heavy atom. The van der Waals surface area contributed by atoms with Crippen LogP contribution in [0.4, 0.5) is 4.79 Å². The lowest BCUT2D eigenvalue weighted by Gasteiger charge is -2.41. The summed E-state index contributed by atoms with van der Waals surface area (Å²) >= 11 is 0. The van der Waals surface area contributed by atoms with E-state index in [1.54, 1.807) is 26.2 Å². The maximum Gasteiger partial charge on any atom is 0.410 e. The number of likely N-dealkylation sites (tertiary alicyclic amines) is 1. The predicted octanol–water partition coefficient (Wildman–Crippen LogP) is 5.53. The number of benzene rings is 2. The van der Waals surface area contributed by atoms with Crippen molar-refractivity contribution in [3.63, 3.8) is 0 Å². The van der Waals surface area contributed by atoms with E-state index in [-0.39, 0.29) is 24.8 Å². The molecule has 2 aliphatic rings. The summed E-state index contributed by atoms with van der Waals surface area (Å²) in [5.74, 6) is 1.41. The maximum atomic E-state index is 13.6. The molecule has 1 fully saturated rings. The third-order valence-corrected chi connectivity index (χ3v) is 8.29. The second-order valence-corrected chi connectivity index (χ2v) is 12.6. The molecule has 2 aliphatic heterocycles. The van der Waals surface area contributed by atoms with Gasteiger partial charge >= 0.3 is 12.1 Å². The van der Waals surface area contributed by atoms with Crippen LogP contribution in [0.15, 0.2) is 48.5 Å². The average molecular weight is 648 g/mol. The molecule has 1 saturated heterocycles. The number of aromatic nitrogens is 1. The summed E-state index contributed by atoms with van der Waals surface area (Å²) in [5, 5.41) is 11.5. The van der Waals surface area contributed by atoms with Gasteiger partial charge in [0.1, 0.15) is 18.8 Å². The Morgan fingerprint density at radius 2 is 1.83 bits per heavy atom. The number of methoxy groups -OCH3 is 1. The Kier molecular flexibility index (Phi) is 10.9. The van der Waals surface area contributed by atoms with E-state index in [0.717, 1.165) is 22.1 Å². The van der Waals surface area contributed by atoms with E-state index in [1.165, 1.54) is 6.08 Å². The fourth-order valence-corrected chi connectivity index (χ4v) is 6.08. The number of carbonyl (C=O) groups is 2. The van der Waals surface area contributed by atoms with E-state index in [4.69, 9.17) is 28.7 Å². The highest BCUT2D eigenvalue weighted by Gasteiger charge is 2.34. The van der Waals surface area contributed by atoms with E-state index in [9.17, 15) is 14.7 Å². The van der Waals surface area contributed by atoms with E-state index >= 15 is 0 Å². The van der Waals surface area contributed by atoms with Crippen LogP contribution in [-0.4, -0.2) is 90.2 Å². The normalized spacial score (nSPS) is 16.2. The zero-order valence-electron chi connectivity index (χ0n) is 27.9. The van der Waals surface area contributed by atoms with E-state index in [2.05, 4.69) is 4.90 Å². The highest BCUT2D eigenvalue weighted by molar-refractivity contribution is 5.95. The standard InChI is InChI=1S/C36H45N3O8/c1-6-44-33(41)14-9-25-8-10-28(34-27(25)11-13-32(37-34)43-5)29(23-40)38-17-15-26(16-18-38)39(35(42)47-36(2,3)4)22-24-7-12-30-31(21-24)46-20-19-45-30/h7-14,21,26,29,40H,6,15-20,22-23H2,1-5H3/b14-9+. The van der Waals surface area contributed by atoms with Crippen molar-refractivity contribution in [2.75, 3.05) is 46.6 Å². The second kappa shape index (κ2) is 15.0. The molecular formula is C36H45N3O8. The zero-order valence-corrected chi connectivity index (χ0v) is 27.9. The van der Waals surface area contributed by atoms with Crippen molar-refractivity contribution in [1.29, 1.82) is 0 Å². The number of hydrogen-bond acceptors (Lipinski definition) is 10. The zero-order chi connectivity index (χ0) is 33.6. The molecule has 1 aromatic heterocycles. The number of pyridine rings is 1. The molecule has 3 heterocycles. The number of amides is 1. The number of nitrogens with zero attached hydrogens (tertiary/aromatic N) is 3. The van der Waals surface area contributed by atoms with Gasteiger partial charge in [0.15, 0.2) is 11.5 Å². The minimum absolute atomic E-state index is 0.0704. The van der Waals surface area contributed by atoms with Crippen LogP contribution < -0.4 is 14.2 Å². The summed E-state index contributed by atoms with van der Waals surface area (Å²) in [6.45, 7) is 10.2. The molecule has 1 amide bonds. The molecule has 1 unspecified atom stereocenters. The van der Waals surface area contributed by atoms with Crippen molar-refractivity contribution < 1.29 is 38.4 Å². The topological polar surface area (TPSA) is 120 Å². The molecular weight excluding hydrogens is 602 g/mol. The van der Waals surface area contributed by atoms with Crippen molar-refractivity contribution >= 4 is 29.0 Å². The molecule has 252 valence electrons. The summed E-state index contributed by atoms with van der Waals surface area (Å²) in [5.41, 5.74) is 2.63. The van der Waals surface area contributed by atoms with E-state index < -0.39 is 11.6 Å².